The number of benzene rings is 1. The number of esters is 1. The summed E-state index contributed by atoms with van der Waals surface area (Å²) in [5.74, 6) is -0.754. The first kappa shape index (κ1) is 16.4. The van der Waals surface area contributed by atoms with Crippen molar-refractivity contribution in [3.8, 4) is 0 Å². The fourth-order valence-corrected chi connectivity index (χ4v) is 3.05. The van der Waals surface area contributed by atoms with Crippen LogP contribution < -0.4 is 0 Å². The van der Waals surface area contributed by atoms with E-state index in [1.807, 2.05) is 6.92 Å². The molecule has 0 spiro atoms. The Kier molecular flexibility index (Phi) is 4.46. The van der Waals surface area contributed by atoms with Crippen LogP contribution in [0.5, 0.6) is 0 Å². The molecular formula is C18H19FN2O3. The first-order chi connectivity index (χ1) is 11.5. The van der Waals surface area contributed by atoms with Crippen LogP contribution in [0.15, 0.2) is 24.3 Å². The van der Waals surface area contributed by atoms with Crippen LogP contribution in [-0.4, -0.2) is 41.5 Å². The number of nitrogens with zero attached hydrogens (tertiary/aromatic N) is 2. The Hall–Kier alpha value is -2.50. The standard InChI is InChI=1S/C18H19FN2O3/c1-3-21-9-12(7-17(21)22)10-24-18(23)15-6-11(2)20-16-8-13(19)4-5-14(15)16/h4-6,8,12H,3,7,9-10H2,1-2H3/t12-/m0/s1. The van der Waals surface area contributed by atoms with Gasteiger partial charge in [-0.3, -0.25) is 9.78 Å². The van der Waals surface area contributed by atoms with Crippen molar-refractivity contribution >= 4 is 22.8 Å². The van der Waals surface area contributed by atoms with Crippen molar-refractivity contribution < 1.29 is 18.7 Å². The zero-order chi connectivity index (χ0) is 17.3. The lowest BCUT2D eigenvalue weighted by molar-refractivity contribution is -0.127. The summed E-state index contributed by atoms with van der Waals surface area (Å²) >= 11 is 0. The third-order valence-electron chi connectivity index (χ3n) is 4.25. The molecule has 2 heterocycles. The lowest BCUT2D eigenvalue weighted by atomic mass is 10.1. The molecule has 0 radical (unpaired) electrons. The Balaban J connectivity index is 1.76. The van der Waals surface area contributed by atoms with Gasteiger partial charge in [-0.05, 0) is 32.0 Å². The summed E-state index contributed by atoms with van der Waals surface area (Å²) in [5, 5.41) is 0.560. The summed E-state index contributed by atoms with van der Waals surface area (Å²) < 4.78 is 18.8. The van der Waals surface area contributed by atoms with Crippen molar-refractivity contribution in [3.63, 3.8) is 0 Å². The van der Waals surface area contributed by atoms with Gasteiger partial charge >= 0.3 is 5.97 Å². The molecule has 1 aromatic carbocycles. The van der Waals surface area contributed by atoms with Crippen LogP contribution in [0, 0.1) is 18.7 Å². The summed E-state index contributed by atoms with van der Waals surface area (Å²) in [4.78, 5) is 30.2. The second-order valence-electron chi connectivity index (χ2n) is 6.07. The van der Waals surface area contributed by atoms with Gasteiger partial charge in [0.25, 0.3) is 0 Å². The van der Waals surface area contributed by atoms with E-state index >= 15 is 0 Å². The second-order valence-corrected chi connectivity index (χ2v) is 6.07. The van der Waals surface area contributed by atoms with Crippen LogP contribution in [0.1, 0.15) is 29.4 Å². The number of carbonyl (C=O) groups is 2. The molecule has 1 aromatic heterocycles. The Morgan fingerprint density at radius 2 is 2.21 bits per heavy atom. The number of aryl methyl sites for hydroxylation is 1. The number of rotatable bonds is 4. The van der Waals surface area contributed by atoms with E-state index < -0.39 is 11.8 Å². The Morgan fingerprint density at radius 3 is 2.92 bits per heavy atom. The average molecular weight is 330 g/mol. The molecule has 0 bridgehead atoms. The summed E-state index contributed by atoms with van der Waals surface area (Å²) in [6.07, 6.45) is 0.405. The molecule has 1 amide bonds. The minimum absolute atomic E-state index is 0.0213. The van der Waals surface area contributed by atoms with E-state index in [1.54, 1.807) is 17.9 Å². The van der Waals surface area contributed by atoms with E-state index in [2.05, 4.69) is 4.98 Å². The first-order valence-electron chi connectivity index (χ1n) is 7.99. The number of carbonyl (C=O) groups excluding carboxylic acids is 2. The van der Waals surface area contributed by atoms with Gasteiger partial charge in [-0.25, -0.2) is 9.18 Å². The number of aromatic nitrogens is 1. The van der Waals surface area contributed by atoms with Gasteiger partial charge in [-0.1, -0.05) is 0 Å². The summed E-state index contributed by atoms with van der Waals surface area (Å²) in [6, 6.07) is 5.77. The van der Waals surface area contributed by atoms with E-state index in [1.165, 1.54) is 18.2 Å². The predicted octanol–water partition coefficient (Wildman–Crippen LogP) is 2.71. The topological polar surface area (TPSA) is 59.5 Å². The number of amides is 1. The highest BCUT2D eigenvalue weighted by Crippen LogP contribution is 2.22. The van der Waals surface area contributed by atoms with Gasteiger partial charge in [-0.2, -0.15) is 0 Å². The van der Waals surface area contributed by atoms with Crippen molar-refractivity contribution in [1.29, 1.82) is 0 Å². The van der Waals surface area contributed by atoms with Crippen LogP contribution in [-0.2, 0) is 9.53 Å². The Morgan fingerprint density at radius 1 is 1.42 bits per heavy atom. The molecule has 0 N–H and O–H groups in total. The number of hydrogen-bond acceptors (Lipinski definition) is 4. The van der Waals surface area contributed by atoms with E-state index in [-0.39, 0.29) is 18.4 Å². The number of hydrogen-bond donors (Lipinski definition) is 0. The molecule has 0 saturated carbocycles. The van der Waals surface area contributed by atoms with Crippen LogP contribution in [0.4, 0.5) is 4.39 Å². The number of halogens is 1. The van der Waals surface area contributed by atoms with Crippen LogP contribution >= 0.6 is 0 Å². The molecule has 2 aromatic rings. The quantitative estimate of drug-likeness (QED) is 0.809. The lowest BCUT2D eigenvalue weighted by Crippen LogP contribution is -2.25. The molecule has 3 rings (SSSR count). The van der Waals surface area contributed by atoms with E-state index in [9.17, 15) is 14.0 Å². The molecule has 24 heavy (non-hydrogen) atoms. The lowest BCUT2D eigenvalue weighted by Gasteiger charge is -2.14. The normalized spacial score (nSPS) is 17.5. The van der Waals surface area contributed by atoms with Crippen molar-refractivity contribution in [2.75, 3.05) is 19.7 Å². The third-order valence-corrected chi connectivity index (χ3v) is 4.25. The van der Waals surface area contributed by atoms with Crippen molar-refractivity contribution in [1.82, 2.24) is 9.88 Å². The minimum Gasteiger partial charge on any atom is -0.462 e. The molecule has 1 fully saturated rings. The molecule has 6 heteroatoms. The van der Waals surface area contributed by atoms with Gasteiger partial charge in [0, 0.05) is 42.6 Å². The van der Waals surface area contributed by atoms with E-state index in [0.717, 1.165) is 0 Å². The number of pyridine rings is 1. The molecular weight excluding hydrogens is 311 g/mol. The van der Waals surface area contributed by atoms with Crippen molar-refractivity contribution in [2.24, 2.45) is 5.92 Å². The molecule has 0 aliphatic carbocycles. The number of likely N-dealkylation sites (tertiary alicyclic amines) is 1. The van der Waals surface area contributed by atoms with Crippen molar-refractivity contribution in [2.45, 2.75) is 20.3 Å². The molecule has 1 saturated heterocycles. The monoisotopic (exact) mass is 330 g/mol. The number of fused-ring (bicyclic) bond motifs is 1. The highest BCUT2D eigenvalue weighted by molar-refractivity contribution is 6.03. The Bertz CT molecular complexity index is 801. The fraction of sp³-hybridized carbons (Fsp3) is 0.389. The molecule has 0 unspecified atom stereocenters. The van der Waals surface area contributed by atoms with Gasteiger partial charge in [-0.15, -0.1) is 0 Å². The van der Waals surface area contributed by atoms with Gasteiger partial charge < -0.3 is 9.64 Å². The minimum atomic E-state index is -0.473. The maximum atomic E-state index is 13.4. The van der Waals surface area contributed by atoms with Crippen LogP contribution in [0.25, 0.3) is 10.9 Å². The molecule has 5 nitrogen and oxygen atoms in total. The van der Waals surface area contributed by atoms with Gasteiger partial charge in [0.15, 0.2) is 0 Å². The smallest absolute Gasteiger partial charge is 0.338 e. The summed E-state index contributed by atoms with van der Waals surface area (Å²) in [7, 11) is 0. The molecule has 1 aliphatic rings. The molecule has 1 aliphatic heterocycles. The fourth-order valence-electron chi connectivity index (χ4n) is 3.05. The summed E-state index contributed by atoms with van der Waals surface area (Å²) in [5.41, 5.74) is 1.41. The molecule has 1 atom stereocenters. The SMILES string of the molecule is CCN1C[C@@H](COC(=O)c2cc(C)nc3cc(F)ccc23)CC1=O. The predicted molar refractivity (Wildman–Crippen MR) is 87.1 cm³/mol. The van der Waals surface area contributed by atoms with Gasteiger partial charge in [0.2, 0.25) is 5.91 Å². The highest BCUT2D eigenvalue weighted by atomic mass is 19.1. The second kappa shape index (κ2) is 6.55. The van der Waals surface area contributed by atoms with Gasteiger partial charge in [0.05, 0.1) is 17.7 Å². The van der Waals surface area contributed by atoms with Crippen molar-refractivity contribution in [3.05, 3.63) is 41.3 Å². The largest absolute Gasteiger partial charge is 0.462 e. The van der Waals surface area contributed by atoms with Crippen LogP contribution in [0.2, 0.25) is 0 Å². The Labute approximate surface area is 139 Å². The van der Waals surface area contributed by atoms with Crippen LogP contribution in [0.3, 0.4) is 0 Å². The zero-order valence-corrected chi connectivity index (χ0v) is 13.7. The summed E-state index contributed by atoms with van der Waals surface area (Å²) in [6.45, 7) is 5.16. The number of ether oxygens (including phenoxy) is 1. The maximum absolute atomic E-state index is 13.4. The third kappa shape index (κ3) is 3.22. The average Bonchev–Trinajstić information content (AvgIpc) is 2.91. The van der Waals surface area contributed by atoms with Gasteiger partial charge in [0.1, 0.15) is 5.82 Å². The molecule has 126 valence electrons. The van der Waals surface area contributed by atoms with E-state index in [4.69, 9.17) is 4.74 Å². The first-order valence-corrected chi connectivity index (χ1v) is 7.99. The zero-order valence-electron chi connectivity index (χ0n) is 13.7. The van der Waals surface area contributed by atoms with E-state index in [0.29, 0.717) is 41.7 Å². The maximum Gasteiger partial charge on any atom is 0.338 e. The highest BCUT2D eigenvalue weighted by Gasteiger charge is 2.29.